The van der Waals surface area contributed by atoms with Crippen LogP contribution in [-0.4, -0.2) is 12.5 Å². The van der Waals surface area contributed by atoms with Gasteiger partial charge in [0.05, 0.1) is 0 Å². The zero-order valence-corrected chi connectivity index (χ0v) is 4.52. The number of hydrogen-bond acceptors (Lipinski definition) is 1. The summed E-state index contributed by atoms with van der Waals surface area (Å²) in [6.45, 7) is 2.76. The van der Waals surface area contributed by atoms with Crippen LogP contribution in [0, 0.1) is 0 Å². The Morgan fingerprint density at radius 1 is 1.57 bits per heavy atom. The summed E-state index contributed by atoms with van der Waals surface area (Å²) in [5, 5.41) is 0. The summed E-state index contributed by atoms with van der Waals surface area (Å²) >= 11 is 0. The Bertz CT molecular complexity index is 63.3. The Hall–Kier alpha value is -0.730. The quantitative estimate of drug-likeness (QED) is 0.369. The second kappa shape index (κ2) is 3.46. The van der Waals surface area contributed by atoms with Gasteiger partial charge in [0.1, 0.15) is 0 Å². The Morgan fingerprint density at radius 3 is 2.29 bits per heavy atom. The molecular weight excluding hydrogens is 90.1 g/mol. The van der Waals surface area contributed by atoms with Crippen molar-refractivity contribution in [1.82, 2.24) is 0 Å². The first-order valence-electron chi connectivity index (χ1n) is 2.32. The van der Waals surface area contributed by atoms with Crippen molar-refractivity contribution in [2.24, 2.45) is 16.5 Å². The summed E-state index contributed by atoms with van der Waals surface area (Å²) in [5.41, 5.74) is 10.0. The Balaban J connectivity index is 3.08. The number of nitrogens with zero attached hydrogens (tertiary/aromatic N) is 1. The largest absolute Gasteiger partial charge is 0.370 e. The third-order valence-corrected chi connectivity index (χ3v) is 0.518. The van der Waals surface area contributed by atoms with E-state index in [4.69, 9.17) is 11.5 Å². The molecule has 0 rings (SSSR count). The van der Waals surface area contributed by atoms with E-state index in [1.807, 2.05) is 6.92 Å². The van der Waals surface area contributed by atoms with Gasteiger partial charge in [-0.3, -0.25) is 4.99 Å². The topological polar surface area (TPSA) is 64.4 Å². The van der Waals surface area contributed by atoms with Gasteiger partial charge < -0.3 is 11.5 Å². The van der Waals surface area contributed by atoms with E-state index in [-0.39, 0.29) is 5.96 Å². The average molecular weight is 101 g/mol. The standard InChI is InChI=1S/C4H11N3/c1-2-3-7-4(5)6/h2-3H2,1H3,(H4,5,6,7). The van der Waals surface area contributed by atoms with Crippen LogP contribution in [0.5, 0.6) is 0 Å². The molecule has 0 amide bonds. The predicted molar refractivity (Wildman–Crippen MR) is 31.0 cm³/mol. The summed E-state index contributed by atoms with van der Waals surface area (Å²) in [6, 6.07) is 0. The van der Waals surface area contributed by atoms with Crippen LogP contribution in [0.15, 0.2) is 4.99 Å². The van der Waals surface area contributed by atoms with Gasteiger partial charge in [-0.2, -0.15) is 0 Å². The molecule has 0 radical (unpaired) electrons. The second-order valence-corrected chi connectivity index (χ2v) is 1.31. The maximum atomic E-state index is 5.01. The van der Waals surface area contributed by atoms with Crippen molar-refractivity contribution >= 4 is 5.96 Å². The fraction of sp³-hybridized carbons (Fsp3) is 0.750. The van der Waals surface area contributed by atoms with E-state index >= 15 is 0 Å². The maximum absolute atomic E-state index is 5.01. The molecular formula is C4H11N3. The van der Waals surface area contributed by atoms with Crippen LogP contribution in [0.25, 0.3) is 0 Å². The SMILES string of the molecule is CCCN=C(N)N. The minimum atomic E-state index is 0.182. The molecule has 0 atom stereocenters. The van der Waals surface area contributed by atoms with Crippen LogP contribution in [-0.2, 0) is 0 Å². The lowest BCUT2D eigenvalue weighted by Gasteiger charge is -1.86. The van der Waals surface area contributed by atoms with E-state index < -0.39 is 0 Å². The van der Waals surface area contributed by atoms with Crippen LogP contribution in [0.1, 0.15) is 13.3 Å². The van der Waals surface area contributed by atoms with Crippen molar-refractivity contribution < 1.29 is 0 Å². The van der Waals surface area contributed by atoms with Gasteiger partial charge >= 0.3 is 0 Å². The predicted octanol–water partition coefficient (Wildman–Crippen LogP) is -0.330. The molecule has 3 heteroatoms. The lowest BCUT2D eigenvalue weighted by Crippen LogP contribution is -2.22. The lowest BCUT2D eigenvalue weighted by molar-refractivity contribution is 0.927. The van der Waals surface area contributed by atoms with Gasteiger partial charge in [-0.15, -0.1) is 0 Å². The maximum Gasteiger partial charge on any atom is 0.185 e. The van der Waals surface area contributed by atoms with Crippen molar-refractivity contribution in [3.63, 3.8) is 0 Å². The zero-order valence-electron chi connectivity index (χ0n) is 4.52. The number of hydrogen-bond donors (Lipinski definition) is 2. The van der Waals surface area contributed by atoms with E-state index in [0.717, 1.165) is 13.0 Å². The average Bonchev–Trinajstić information content (AvgIpc) is 1.61. The Labute approximate surface area is 43.4 Å². The molecule has 0 aliphatic rings. The highest BCUT2D eigenvalue weighted by molar-refractivity contribution is 5.75. The summed E-state index contributed by atoms with van der Waals surface area (Å²) in [4.78, 5) is 3.72. The highest BCUT2D eigenvalue weighted by atomic mass is 15.0. The monoisotopic (exact) mass is 101 g/mol. The zero-order chi connectivity index (χ0) is 5.70. The van der Waals surface area contributed by atoms with Gasteiger partial charge in [-0.1, -0.05) is 6.92 Å². The number of aliphatic imine (C=N–C) groups is 1. The van der Waals surface area contributed by atoms with Gasteiger partial charge in [-0.25, -0.2) is 0 Å². The summed E-state index contributed by atoms with van der Waals surface area (Å²) < 4.78 is 0. The molecule has 0 aliphatic carbocycles. The third-order valence-electron chi connectivity index (χ3n) is 0.518. The fourth-order valence-electron chi connectivity index (χ4n) is 0.241. The molecule has 0 saturated heterocycles. The first kappa shape index (κ1) is 6.27. The summed E-state index contributed by atoms with van der Waals surface area (Å²) in [6.07, 6.45) is 0.998. The van der Waals surface area contributed by atoms with Crippen LogP contribution >= 0.6 is 0 Å². The molecule has 0 aromatic heterocycles. The molecule has 0 bridgehead atoms. The molecule has 0 heterocycles. The highest BCUT2D eigenvalue weighted by Crippen LogP contribution is 1.73. The van der Waals surface area contributed by atoms with Crippen LogP contribution < -0.4 is 11.5 Å². The van der Waals surface area contributed by atoms with Gasteiger partial charge in [0.2, 0.25) is 0 Å². The molecule has 4 N–H and O–H groups in total. The van der Waals surface area contributed by atoms with E-state index in [9.17, 15) is 0 Å². The van der Waals surface area contributed by atoms with Crippen LogP contribution in [0.4, 0.5) is 0 Å². The molecule has 0 fully saturated rings. The Kier molecular flexibility index (Phi) is 3.10. The van der Waals surface area contributed by atoms with Crippen molar-refractivity contribution in [1.29, 1.82) is 0 Å². The van der Waals surface area contributed by atoms with E-state index in [0.29, 0.717) is 0 Å². The number of rotatable bonds is 2. The van der Waals surface area contributed by atoms with Crippen molar-refractivity contribution in [2.75, 3.05) is 6.54 Å². The molecule has 7 heavy (non-hydrogen) atoms. The van der Waals surface area contributed by atoms with Gasteiger partial charge in [0.25, 0.3) is 0 Å². The minimum Gasteiger partial charge on any atom is -0.370 e. The minimum absolute atomic E-state index is 0.182. The molecule has 42 valence electrons. The number of nitrogens with two attached hydrogens (primary N) is 2. The van der Waals surface area contributed by atoms with Crippen molar-refractivity contribution in [3.8, 4) is 0 Å². The van der Waals surface area contributed by atoms with Gasteiger partial charge in [0, 0.05) is 6.54 Å². The fourth-order valence-corrected chi connectivity index (χ4v) is 0.241. The summed E-state index contributed by atoms with van der Waals surface area (Å²) in [7, 11) is 0. The molecule has 0 spiro atoms. The Morgan fingerprint density at radius 2 is 2.14 bits per heavy atom. The smallest absolute Gasteiger partial charge is 0.185 e. The molecule has 0 aliphatic heterocycles. The van der Waals surface area contributed by atoms with E-state index in [1.54, 1.807) is 0 Å². The van der Waals surface area contributed by atoms with Crippen molar-refractivity contribution in [2.45, 2.75) is 13.3 Å². The molecule has 0 aromatic rings. The molecule has 0 unspecified atom stereocenters. The summed E-state index contributed by atoms with van der Waals surface area (Å²) in [5.74, 6) is 0.182. The molecule has 0 saturated carbocycles. The second-order valence-electron chi connectivity index (χ2n) is 1.31. The van der Waals surface area contributed by atoms with Crippen LogP contribution in [0.2, 0.25) is 0 Å². The molecule has 3 nitrogen and oxygen atoms in total. The molecule has 0 aromatic carbocycles. The third kappa shape index (κ3) is 5.27. The number of guanidine groups is 1. The first-order valence-corrected chi connectivity index (χ1v) is 2.32. The van der Waals surface area contributed by atoms with Gasteiger partial charge in [-0.05, 0) is 6.42 Å². The normalized spacial score (nSPS) is 8.14. The van der Waals surface area contributed by atoms with Gasteiger partial charge in [0.15, 0.2) is 5.96 Å². The van der Waals surface area contributed by atoms with E-state index in [1.165, 1.54) is 0 Å². The van der Waals surface area contributed by atoms with Crippen molar-refractivity contribution in [3.05, 3.63) is 0 Å². The lowest BCUT2D eigenvalue weighted by atomic mass is 10.5. The first-order chi connectivity index (χ1) is 3.27. The highest BCUT2D eigenvalue weighted by Gasteiger charge is 1.74. The van der Waals surface area contributed by atoms with E-state index in [2.05, 4.69) is 4.99 Å². The van der Waals surface area contributed by atoms with Crippen LogP contribution in [0.3, 0.4) is 0 Å².